The zero-order valence-electron chi connectivity index (χ0n) is 8.50. The number of carbonyl (C=O) groups excluding carboxylic acids is 1. The van der Waals surface area contributed by atoms with E-state index in [0.29, 0.717) is 28.0 Å². The van der Waals surface area contributed by atoms with Crippen molar-refractivity contribution >= 4 is 21.7 Å². The van der Waals surface area contributed by atoms with E-state index >= 15 is 0 Å². The van der Waals surface area contributed by atoms with Gasteiger partial charge in [-0.3, -0.25) is 4.79 Å². The second-order valence-corrected chi connectivity index (χ2v) is 3.73. The van der Waals surface area contributed by atoms with Gasteiger partial charge in [-0.25, -0.2) is 0 Å². The van der Waals surface area contributed by atoms with E-state index in [1.54, 1.807) is 12.1 Å². The van der Waals surface area contributed by atoms with Crippen LogP contribution in [0.2, 0.25) is 0 Å². The first-order valence-electron chi connectivity index (χ1n) is 4.47. The molecular weight excluding hydrogens is 258 g/mol. The second-order valence-electron chi connectivity index (χ2n) is 2.94. The van der Waals surface area contributed by atoms with E-state index in [-0.39, 0.29) is 5.78 Å². The van der Waals surface area contributed by atoms with E-state index in [0.717, 1.165) is 0 Å². The van der Waals surface area contributed by atoms with Gasteiger partial charge in [-0.2, -0.15) is 5.26 Å². The van der Waals surface area contributed by atoms with Crippen LogP contribution in [0.25, 0.3) is 0 Å². The van der Waals surface area contributed by atoms with Crippen molar-refractivity contribution < 1.29 is 9.53 Å². The van der Waals surface area contributed by atoms with Crippen molar-refractivity contribution in [2.45, 2.75) is 13.8 Å². The zero-order chi connectivity index (χ0) is 11.4. The van der Waals surface area contributed by atoms with Gasteiger partial charge in [0.25, 0.3) is 0 Å². The molecule has 78 valence electrons. The summed E-state index contributed by atoms with van der Waals surface area (Å²) in [6.07, 6.45) is 0. The Labute approximate surface area is 96.8 Å². The van der Waals surface area contributed by atoms with Gasteiger partial charge in [0.15, 0.2) is 5.78 Å². The molecule has 0 bridgehead atoms. The van der Waals surface area contributed by atoms with Crippen molar-refractivity contribution in [3.63, 3.8) is 0 Å². The lowest BCUT2D eigenvalue weighted by atomic mass is 10.1. The molecule has 0 saturated carbocycles. The van der Waals surface area contributed by atoms with Crippen LogP contribution in [0.1, 0.15) is 29.8 Å². The fourth-order valence-corrected chi connectivity index (χ4v) is 1.80. The lowest BCUT2D eigenvalue weighted by Crippen LogP contribution is -2.00. The van der Waals surface area contributed by atoms with E-state index < -0.39 is 0 Å². The lowest BCUT2D eigenvalue weighted by molar-refractivity contribution is 0.101. The molecule has 1 aromatic carbocycles. The number of hydrogen-bond acceptors (Lipinski definition) is 3. The Morgan fingerprint density at radius 2 is 2.27 bits per heavy atom. The summed E-state index contributed by atoms with van der Waals surface area (Å²) in [7, 11) is 0. The maximum absolute atomic E-state index is 11.3. The fraction of sp³-hybridized carbons (Fsp3) is 0.273. The molecule has 0 amide bonds. The van der Waals surface area contributed by atoms with E-state index in [9.17, 15) is 4.79 Å². The topological polar surface area (TPSA) is 50.1 Å². The van der Waals surface area contributed by atoms with Crippen LogP contribution in [-0.4, -0.2) is 12.4 Å². The lowest BCUT2D eigenvalue weighted by Gasteiger charge is -2.09. The first kappa shape index (κ1) is 11.7. The van der Waals surface area contributed by atoms with Crippen LogP contribution < -0.4 is 4.74 Å². The Morgan fingerprint density at radius 3 is 2.73 bits per heavy atom. The summed E-state index contributed by atoms with van der Waals surface area (Å²) in [6, 6.07) is 5.16. The van der Waals surface area contributed by atoms with E-state index in [1.807, 2.05) is 13.0 Å². The van der Waals surface area contributed by atoms with Crippen molar-refractivity contribution in [2.24, 2.45) is 0 Å². The Kier molecular flexibility index (Phi) is 3.87. The molecule has 0 aliphatic rings. The van der Waals surface area contributed by atoms with Crippen LogP contribution in [0.5, 0.6) is 5.75 Å². The zero-order valence-corrected chi connectivity index (χ0v) is 10.1. The predicted molar refractivity (Wildman–Crippen MR) is 60.0 cm³/mol. The quantitative estimate of drug-likeness (QED) is 0.792. The molecule has 1 rings (SSSR count). The molecule has 0 unspecified atom stereocenters. The minimum absolute atomic E-state index is 0.0973. The van der Waals surface area contributed by atoms with Crippen LogP contribution in [-0.2, 0) is 0 Å². The van der Waals surface area contributed by atoms with Crippen LogP contribution in [0.15, 0.2) is 16.6 Å². The summed E-state index contributed by atoms with van der Waals surface area (Å²) in [4.78, 5) is 11.3. The molecule has 0 aromatic heterocycles. The Morgan fingerprint density at radius 1 is 1.60 bits per heavy atom. The maximum atomic E-state index is 11.3. The third-order valence-electron chi connectivity index (χ3n) is 1.85. The van der Waals surface area contributed by atoms with Crippen LogP contribution in [0.3, 0.4) is 0 Å². The van der Waals surface area contributed by atoms with E-state index in [2.05, 4.69) is 15.9 Å². The summed E-state index contributed by atoms with van der Waals surface area (Å²) < 4.78 is 5.93. The third kappa shape index (κ3) is 2.57. The molecule has 0 heterocycles. The molecule has 15 heavy (non-hydrogen) atoms. The van der Waals surface area contributed by atoms with Crippen LogP contribution in [0, 0.1) is 11.3 Å². The Bertz CT molecular complexity index is 435. The Balaban J connectivity index is 3.35. The number of hydrogen-bond donors (Lipinski definition) is 0. The highest BCUT2D eigenvalue weighted by atomic mass is 79.9. The highest BCUT2D eigenvalue weighted by Crippen LogP contribution is 2.30. The molecule has 0 aliphatic heterocycles. The minimum Gasteiger partial charge on any atom is -0.493 e. The van der Waals surface area contributed by atoms with Gasteiger partial charge in [-0.1, -0.05) is 0 Å². The molecule has 0 N–H and O–H groups in total. The molecule has 1 aromatic rings. The number of halogens is 1. The molecule has 0 atom stereocenters. The molecule has 0 fully saturated rings. The van der Waals surface area contributed by atoms with Crippen molar-refractivity contribution in [3.05, 3.63) is 27.7 Å². The van der Waals surface area contributed by atoms with Crippen molar-refractivity contribution in [1.82, 2.24) is 0 Å². The standard InChI is InChI=1S/C11H10BrNO2/c1-3-15-10-5-8(6-13)4-9(7(2)14)11(10)12/h4-5H,3H2,1-2H3. The number of nitriles is 1. The molecular formula is C11H10BrNO2. The number of ether oxygens (including phenoxy) is 1. The van der Waals surface area contributed by atoms with Crippen molar-refractivity contribution in [1.29, 1.82) is 5.26 Å². The highest BCUT2D eigenvalue weighted by Gasteiger charge is 2.12. The number of carbonyl (C=O) groups is 1. The maximum Gasteiger partial charge on any atom is 0.161 e. The van der Waals surface area contributed by atoms with Crippen molar-refractivity contribution in [2.75, 3.05) is 6.61 Å². The third-order valence-corrected chi connectivity index (χ3v) is 2.67. The van der Waals surface area contributed by atoms with Gasteiger partial charge in [0.05, 0.1) is 22.7 Å². The summed E-state index contributed by atoms with van der Waals surface area (Å²) in [5.41, 5.74) is 0.893. The van der Waals surface area contributed by atoms with Gasteiger partial charge >= 0.3 is 0 Å². The summed E-state index contributed by atoms with van der Waals surface area (Å²) >= 11 is 3.29. The van der Waals surface area contributed by atoms with Crippen molar-refractivity contribution in [3.8, 4) is 11.8 Å². The first-order chi connectivity index (χ1) is 7.10. The molecule has 0 radical (unpaired) electrons. The first-order valence-corrected chi connectivity index (χ1v) is 5.26. The molecule has 0 aliphatic carbocycles. The predicted octanol–water partition coefficient (Wildman–Crippen LogP) is 2.92. The van der Waals surface area contributed by atoms with Gasteiger partial charge in [0, 0.05) is 5.56 Å². The summed E-state index contributed by atoms with van der Waals surface area (Å²) in [5, 5.41) is 8.80. The number of benzene rings is 1. The minimum atomic E-state index is -0.0973. The molecule has 0 spiro atoms. The number of Topliss-reactive ketones (excluding diaryl/α,β-unsaturated/α-hetero) is 1. The molecule has 4 heteroatoms. The SMILES string of the molecule is CCOc1cc(C#N)cc(C(C)=O)c1Br. The van der Waals surface area contributed by atoms with Gasteiger partial charge in [0.1, 0.15) is 5.75 Å². The van der Waals surface area contributed by atoms with Gasteiger partial charge in [-0.05, 0) is 41.9 Å². The highest BCUT2D eigenvalue weighted by molar-refractivity contribution is 9.10. The monoisotopic (exact) mass is 267 g/mol. The van der Waals surface area contributed by atoms with Gasteiger partial charge in [0.2, 0.25) is 0 Å². The molecule has 3 nitrogen and oxygen atoms in total. The van der Waals surface area contributed by atoms with E-state index in [1.165, 1.54) is 6.92 Å². The van der Waals surface area contributed by atoms with Gasteiger partial charge in [-0.15, -0.1) is 0 Å². The number of nitrogens with zero attached hydrogens (tertiary/aromatic N) is 1. The average Bonchev–Trinajstić information content (AvgIpc) is 2.21. The second kappa shape index (κ2) is 4.94. The normalized spacial score (nSPS) is 9.47. The van der Waals surface area contributed by atoms with Crippen LogP contribution in [0.4, 0.5) is 0 Å². The fourth-order valence-electron chi connectivity index (χ4n) is 1.18. The summed E-state index contributed by atoms with van der Waals surface area (Å²) in [6.45, 7) is 3.79. The number of rotatable bonds is 3. The smallest absolute Gasteiger partial charge is 0.161 e. The van der Waals surface area contributed by atoms with E-state index in [4.69, 9.17) is 10.00 Å². The Hall–Kier alpha value is -1.34. The van der Waals surface area contributed by atoms with Gasteiger partial charge < -0.3 is 4.74 Å². The van der Waals surface area contributed by atoms with Crippen LogP contribution >= 0.6 is 15.9 Å². The average molecular weight is 268 g/mol. The number of ketones is 1. The molecule has 0 saturated heterocycles. The largest absolute Gasteiger partial charge is 0.493 e. The summed E-state index contributed by atoms with van der Waals surface area (Å²) in [5.74, 6) is 0.432.